The van der Waals surface area contributed by atoms with Crippen LogP contribution in [0.1, 0.15) is 22.3 Å². The van der Waals surface area contributed by atoms with Crippen LogP contribution in [0.2, 0.25) is 0 Å². The van der Waals surface area contributed by atoms with E-state index in [1.165, 1.54) is 12.1 Å². The number of ether oxygens (including phenoxy) is 1. The van der Waals surface area contributed by atoms with E-state index in [2.05, 4.69) is 4.72 Å². The number of carboxylic acid groups (broad SMARTS) is 1. The van der Waals surface area contributed by atoms with Gasteiger partial charge in [-0.2, -0.15) is 0 Å². The van der Waals surface area contributed by atoms with Gasteiger partial charge in [0.2, 0.25) is 10.0 Å². The molecule has 0 radical (unpaired) electrons. The largest absolute Gasteiger partial charge is 0.478 e. The fraction of sp³-hybridized carbons (Fsp3) is 0.462. The van der Waals surface area contributed by atoms with Gasteiger partial charge in [0.05, 0.1) is 12.2 Å². The first-order chi connectivity index (χ1) is 9.49. The summed E-state index contributed by atoms with van der Waals surface area (Å²) in [5, 5.41) is 8.32. The van der Waals surface area contributed by atoms with Crippen LogP contribution in [0.5, 0.6) is 0 Å². The third kappa shape index (κ3) is 3.78. The summed E-state index contributed by atoms with van der Waals surface area (Å²) in [4.78, 5) is 10.7. The van der Waals surface area contributed by atoms with Crippen molar-refractivity contribution in [2.45, 2.75) is 18.1 Å². The number of hydrogen-bond donors (Lipinski definition) is 2. The topological polar surface area (TPSA) is 92.7 Å². The molecule has 0 saturated carbocycles. The van der Waals surface area contributed by atoms with Crippen molar-refractivity contribution in [3.63, 3.8) is 0 Å². The monoisotopic (exact) mass is 299 g/mol. The molecule has 0 spiro atoms. The second-order valence-electron chi connectivity index (χ2n) is 4.68. The van der Waals surface area contributed by atoms with Crippen molar-refractivity contribution >= 4 is 16.0 Å². The minimum atomic E-state index is -3.32. The molecule has 2 rings (SSSR count). The quantitative estimate of drug-likeness (QED) is 0.804. The van der Waals surface area contributed by atoms with Gasteiger partial charge in [-0.15, -0.1) is 0 Å². The van der Waals surface area contributed by atoms with Crippen LogP contribution in [0, 0.1) is 0 Å². The normalized spacial score (nSPS) is 19.1. The molecule has 1 unspecified atom stereocenters. The Morgan fingerprint density at radius 3 is 2.60 bits per heavy atom. The molecule has 7 heteroatoms. The van der Waals surface area contributed by atoms with E-state index >= 15 is 0 Å². The highest BCUT2D eigenvalue weighted by Gasteiger charge is 2.28. The summed E-state index contributed by atoms with van der Waals surface area (Å²) in [6, 6.07) is 6.40. The average Bonchev–Trinajstić information content (AvgIpc) is 2.94. The molecule has 110 valence electrons. The smallest absolute Gasteiger partial charge is 0.335 e. The van der Waals surface area contributed by atoms with E-state index in [1.807, 2.05) is 0 Å². The fourth-order valence-electron chi connectivity index (χ4n) is 2.03. The summed E-state index contributed by atoms with van der Waals surface area (Å²) >= 11 is 0. The zero-order valence-electron chi connectivity index (χ0n) is 10.9. The van der Waals surface area contributed by atoms with Crippen molar-refractivity contribution in [1.82, 2.24) is 4.72 Å². The summed E-state index contributed by atoms with van der Waals surface area (Å²) in [5.41, 5.74) is 1.11. The Balaban J connectivity index is 1.84. The zero-order valence-corrected chi connectivity index (χ0v) is 11.7. The molecule has 1 fully saturated rings. The van der Waals surface area contributed by atoms with E-state index in [0.29, 0.717) is 26.0 Å². The Bertz CT molecular complexity index is 561. The molecule has 0 amide bonds. The molecule has 1 heterocycles. The van der Waals surface area contributed by atoms with Gasteiger partial charge >= 0.3 is 5.97 Å². The number of carbonyl (C=O) groups is 1. The van der Waals surface area contributed by atoms with Gasteiger partial charge in [0, 0.05) is 13.2 Å². The standard InChI is InChI=1S/C13H17NO5S/c15-13(16)11-3-1-10(2-4-11)5-7-14-20(17,18)12-6-8-19-9-12/h1-4,12,14H,5-9H2,(H,15,16). The van der Waals surface area contributed by atoms with Crippen molar-refractivity contribution in [2.75, 3.05) is 19.8 Å². The van der Waals surface area contributed by atoms with Gasteiger partial charge in [-0.3, -0.25) is 0 Å². The highest BCUT2D eigenvalue weighted by atomic mass is 32.2. The SMILES string of the molecule is O=C(O)c1ccc(CCNS(=O)(=O)C2CCOC2)cc1. The van der Waals surface area contributed by atoms with Gasteiger partial charge in [0.1, 0.15) is 5.25 Å². The molecule has 1 saturated heterocycles. The van der Waals surface area contributed by atoms with Crippen molar-refractivity contribution in [3.05, 3.63) is 35.4 Å². The molecule has 0 aromatic heterocycles. The molecular formula is C13H17NO5S. The Morgan fingerprint density at radius 2 is 2.05 bits per heavy atom. The molecule has 6 nitrogen and oxygen atoms in total. The molecule has 1 aliphatic heterocycles. The van der Waals surface area contributed by atoms with Crippen molar-refractivity contribution < 1.29 is 23.1 Å². The first-order valence-electron chi connectivity index (χ1n) is 6.37. The fourth-order valence-corrected chi connectivity index (χ4v) is 3.33. The van der Waals surface area contributed by atoms with E-state index in [1.54, 1.807) is 12.1 Å². The molecule has 20 heavy (non-hydrogen) atoms. The maximum absolute atomic E-state index is 11.9. The third-order valence-electron chi connectivity index (χ3n) is 3.24. The van der Waals surface area contributed by atoms with Crippen LogP contribution in [0.25, 0.3) is 0 Å². The second-order valence-corrected chi connectivity index (χ2v) is 6.72. The molecule has 1 aromatic rings. The number of sulfonamides is 1. The summed E-state index contributed by atoms with van der Waals surface area (Å²) in [7, 11) is -3.32. The minimum Gasteiger partial charge on any atom is -0.478 e. The Kier molecular flexibility index (Phi) is 4.74. The maximum Gasteiger partial charge on any atom is 0.335 e. The summed E-state index contributed by atoms with van der Waals surface area (Å²) in [6.45, 7) is 1.04. The first kappa shape index (κ1) is 15.0. The molecule has 1 aliphatic rings. The molecule has 0 aliphatic carbocycles. The number of aromatic carboxylic acids is 1. The van der Waals surface area contributed by atoms with Crippen LogP contribution in [0.4, 0.5) is 0 Å². The van der Waals surface area contributed by atoms with Gasteiger partial charge in [-0.05, 0) is 30.5 Å². The maximum atomic E-state index is 11.9. The van der Waals surface area contributed by atoms with Gasteiger partial charge < -0.3 is 9.84 Å². The Morgan fingerprint density at radius 1 is 1.35 bits per heavy atom. The van der Waals surface area contributed by atoms with E-state index in [0.717, 1.165) is 5.56 Å². The van der Waals surface area contributed by atoms with Crippen molar-refractivity contribution in [3.8, 4) is 0 Å². The van der Waals surface area contributed by atoms with E-state index in [-0.39, 0.29) is 12.2 Å². The number of carboxylic acids is 1. The highest BCUT2D eigenvalue weighted by Crippen LogP contribution is 2.12. The van der Waals surface area contributed by atoms with Crippen LogP contribution in [-0.2, 0) is 21.2 Å². The summed E-state index contributed by atoms with van der Waals surface area (Å²) < 4.78 is 31.4. The number of benzene rings is 1. The van der Waals surface area contributed by atoms with Gasteiger partial charge in [-0.1, -0.05) is 12.1 Å². The van der Waals surface area contributed by atoms with Crippen LogP contribution in [0.3, 0.4) is 0 Å². The summed E-state index contributed by atoms with van der Waals surface area (Å²) in [6.07, 6.45) is 1.05. The van der Waals surface area contributed by atoms with Crippen molar-refractivity contribution in [2.24, 2.45) is 0 Å². The van der Waals surface area contributed by atoms with E-state index in [9.17, 15) is 13.2 Å². The number of nitrogens with one attached hydrogen (secondary N) is 1. The van der Waals surface area contributed by atoms with Gasteiger partial charge in [-0.25, -0.2) is 17.9 Å². The molecule has 1 aromatic carbocycles. The predicted molar refractivity (Wildman–Crippen MR) is 73.3 cm³/mol. The van der Waals surface area contributed by atoms with Gasteiger partial charge in [0.15, 0.2) is 0 Å². The molecule has 0 bridgehead atoms. The lowest BCUT2D eigenvalue weighted by atomic mass is 10.1. The first-order valence-corrected chi connectivity index (χ1v) is 7.92. The van der Waals surface area contributed by atoms with E-state index in [4.69, 9.17) is 9.84 Å². The van der Waals surface area contributed by atoms with Crippen LogP contribution in [-0.4, -0.2) is 44.5 Å². The lowest BCUT2D eigenvalue weighted by Gasteiger charge is -2.11. The predicted octanol–water partition coefficient (Wildman–Crippen LogP) is 0.636. The average molecular weight is 299 g/mol. The Hall–Kier alpha value is -1.44. The van der Waals surface area contributed by atoms with Crippen molar-refractivity contribution in [1.29, 1.82) is 0 Å². The van der Waals surface area contributed by atoms with Crippen LogP contribution < -0.4 is 4.72 Å². The molecule has 2 N–H and O–H groups in total. The minimum absolute atomic E-state index is 0.220. The molecular weight excluding hydrogens is 282 g/mol. The van der Waals surface area contributed by atoms with Gasteiger partial charge in [0.25, 0.3) is 0 Å². The van der Waals surface area contributed by atoms with Crippen LogP contribution in [0.15, 0.2) is 24.3 Å². The lowest BCUT2D eigenvalue weighted by molar-refractivity contribution is 0.0697. The second kappa shape index (κ2) is 6.34. The summed E-state index contributed by atoms with van der Waals surface area (Å²) in [5.74, 6) is -0.974. The highest BCUT2D eigenvalue weighted by molar-refractivity contribution is 7.90. The number of rotatable bonds is 6. The third-order valence-corrected chi connectivity index (χ3v) is 5.10. The Labute approximate surface area is 117 Å². The zero-order chi connectivity index (χ0) is 14.6. The lowest BCUT2D eigenvalue weighted by Crippen LogP contribution is -2.35. The van der Waals surface area contributed by atoms with Crippen LogP contribution >= 0.6 is 0 Å². The number of hydrogen-bond acceptors (Lipinski definition) is 4. The van der Waals surface area contributed by atoms with E-state index < -0.39 is 21.2 Å². The molecule has 1 atom stereocenters.